The van der Waals surface area contributed by atoms with E-state index in [1.165, 1.54) is 29.2 Å². The Bertz CT molecular complexity index is 1900. The predicted molar refractivity (Wildman–Crippen MR) is 181 cm³/mol. The third-order valence-corrected chi connectivity index (χ3v) is 9.52. The number of benzene rings is 2. The number of carboxylic acid groups (broad SMARTS) is 1. The number of carbonyl (C=O) groups is 3. The number of carbonyl (C=O) groups excluding carboxylic acids is 2. The van der Waals surface area contributed by atoms with Crippen LogP contribution >= 0.6 is 0 Å². The van der Waals surface area contributed by atoms with Gasteiger partial charge in [-0.3, -0.25) is 4.79 Å². The van der Waals surface area contributed by atoms with Gasteiger partial charge in [-0.2, -0.15) is 0 Å². The minimum Gasteiger partial charge on any atom is -0.465 e. The maximum absolute atomic E-state index is 14.5. The van der Waals surface area contributed by atoms with Crippen molar-refractivity contribution in [1.82, 2.24) is 29.7 Å². The number of imidazole rings is 1. The molecule has 3 amide bonds. The topological polar surface area (TPSA) is 133 Å². The van der Waals surface area contributed by atoms with Crippen molar-refractivity contribution in [2.45, 2.75) is 97.0 Å². The highest BCUT2D eigenvalue weighted by atomic mass is 19.1. The van der Waals surface area contributed by atoms with E-state index in [1.807, 2.05) is 18.4 Å². The first-order chi connectivity index (χ1) is 23.2. The number of rotatable bonds is 8. The van der Waals surface area contributed by atoms with E-state index < -0.39 is 35.5 Å². The second kappa shape index (κ2) is 13.3. The Morgan fingerprint density at radius 2 is 1.69 bits per heavy atom. The highest BCUT2D eigenvalue weighted by molar-refractivity contribution is 5.92. The zero-order valence-corrected chi connectivity index (χ0v) is 28.6. The molecule has 11 nitrogen and oxygen atoms in total. The molecule has 2 aromatic heterocycles. The van der Waals surface area contributed by atoms with Gasteiger partial charge in [-0.15, -0.1) is 0 Å². The fraction of sp³-hybridized carbons (Fsp3) is 0.500. The number of alkyl carbamates (subject to hydrolysis) is 1. The van der Waals surface area contributed by atoms with E-state index in [0.717, 1.165) is 23.8 Å². The number of likely N-dealkylation sites (tertiary alicyclic amines) is 2. The Kier molecular flexibility index (Phi) is 9.29. The molecule has 0 spiro atoms. The summed E-state index contributed by atoms with van der Waals surface area (Å²) in [6, 6.07) is 7.51. The quantitative estimate of drug-likeness (QED) is 0.190. The van der Waals surface area contributed by atoms with Crippen molar-refractivity contribution in [3.8, 4) is 11.5 Å². The first-order valence-corrected chi connectivity index (χ1v) is 17.0. The molecule has 13 heteroatoms. The number of nitrogens with zero attached hydrogens (tertiary/aromatic N) is 4. The van der Waals surface area contributed by atoms with Crippen molar-refractivity contribution in [2.24, 2.45) is 5.92 Å². The van der Waals surface area contributed by atoms with Crippen molar-refractivity contribution in [3.05, 3.63) is 53.6 Å². The van der Waals surface area contributed by atoms with E-state index >= 15 is 0 Å². The zero-order chi connectivity index (χ0) is 35.2. The molecule has 3 N–H and O–H groups in total. The summed E-state index contributed by atoms with van der Waals surface area (Å²) in [4.78, 5) is 50.3. The molecule has 1 unspecified atom stereocenters. The van der Waals surface area contributed by atoms with Crippen LogP contribution < -0.4 is 5.32 Å². The number of H-pyrrole nitrogens is 1. The predicted octanol–water partition coefficient (Wildman–Crippen LogP) is 6.69. The lowest BCUT2D eigenvalue weighted by Crippen LogP contribution is -2.53. The van der Waals surface area contributed by atoms with E-state index in [1.54, 1.807) is 37.8 Å². The van der Waals surface area contributed by atoms with Crippen LogP contribution in [0, 0.1) is 17.6 Å². The molecule has 0 saturated carbocycles. The summed E-state index contributed by atoms with van der Waals surface area (Å²) in [5.74, 6) is -0.799. The van der Waals surface area contributed by atoms with Crippen molar-refractivity contribution in [2.75, 3.05) is 13.1 Å². The Balaban J connectivity index is 1.39. The number of aromatic nitrogens is 3. The Labute approximate surface area is 283 Å². The van der Waals surface area contributed by atoms with Crippen LogP contribution in [-0.4, -0.2) is 84.4 Å². The molecule has 262 valence electrons. The lowest BCUT2D eigenvalue weighted by Gasteiger charge is -2.32. The molecule has 0 bridgehead atoms. The molecule has 2 fully saturated rings. The van der Waals surface area contributed by atoms with Crippen molar-refractivity contribution >= 4 is 40.0 Å². The normalized spacial score (nSPS) is 18.9. The number of ether oxygens (including phenoxy) is 1. The molecule has 49 heavy (non-hydrogen) atoms. The summed E-state index contributed by atoms with van der Waals surface area (Å²) < 4.78 is 36.4. The van der Waals surface area contributed by atoms with Gasteiger partial charge in [0.15, 0.2) is 5.82 Å². The van der Waals surface area contributed by atoms with Crippen molar-refractivity contribution in [3.63, 3.8) is 0 Å². The van der Waals surface area contributed by atoms with Gasteiger partial charge in [0, 0.05) is 48.7 Å². The molecule has 3 atom stereocenters. The van der Waals surface area contributed by atoms with Crippen LogP contribution in [0.1, 0.15) is 65.9 Å². The fourth-order valence-electron chi connectivity index (χ4n) is 7.30. The number of hydrogen-bond donors (Lipinski definition) is 3. The fourth-order valence-corrected chi connectivity index (χ4v) is 7.30. The minimum absolute atomic E-state index is 0.205. The van der Waals surface area contributed by atoms with E-state index in [9.17, 15) is 28.3 Å². The number of amides is 3. The lowest BCUT2D eigenvalue weighted by atomic mass is 10.00. The number of hydrogen-bond acceptors (Lipinski definition) is 5. The SMILES string of the molecule is CC(C)C(NC(=O)OC(C)(C)C)C(=O)N1CCC[C@H]1Cn1c(-c2[nH]c3cc(F)ccc3c2C[C@@H]2CCCN2C(=O)O)nc2cc(F)ccc21. The molecule has 4 heterocycles. The second-order valence-corrected chi connectivity index (χ2v) is 14.5. The summed E-state index contributed by atoms with van der Waals surface area (Å²) in [6.07, 6.45) is 1.63. The molecule has 4 aromatic rings. The third kappa shape index (κ3) is 7.06. The number of aromatic amines is 1. The average Bonchev–Trinajstić information content (AvgIpc) is 3.80. The number of halogens is 2. The monoisotopic (exact) mass is 678 g/mol. The molecule has 2 aliphatic rings. The highest BCUT2D eigenvalue weighted by Crippen LogP contribution is 2.36. The van der Waals surface area contributed by atoms with Gasteiger partial charge >= 0.3 is 12.2 Å². The Morgan fingerprint density at radius 1 is 1.02 bits per heavy atom. The van der Waals surface area contributed by atoms with Crippen LogP contribution in [-0.2, 0) is 22.5 Å². The van der Waals surface area contributed by atoms with E-state index in [2.05, 4.69) is 10.3 Å². The molecule has 2 aromatic carbocycles. The second-order valence-electron chi connectivity index (χ2n) is 14.5. The first-order valence-electron chi connectivity index (χ1n) is 17.0. The molecular formula is C36H44F2N6O5. The van der Waals surface area contributed by atoms with Crippen LogP contribution in [0.15, 0.2) is 36.4 Å². The minimum atomic E-state index is -0.982. The van der Waals surface area contributed by atoms with Crippen LogP contribution in [0.2, 0.25) is 0 Å². The number of fused-ring (bicyclic) bond motifs is 2. The zero-order valence-electron chi connectivity index (χ0n) is 28.6. The first kappa shape index (κ1) is 34.2. The van der Waals surface area contributed by atoms with Crippen LogP contribution in [0.5, 0.6) is 0 Å². The summed E-state index contributed by atoms with van der Waals surface area (Å²) >= 11 is 0. The van der Waals surface area contributed by atoms with E-state index in [-0.39, 0.29) is 23.9 Å². The highest BCUT2D eigenvalue weighted by Gasteiger charge is 2.37. The van der Waals surface area contributed by atoms with Gasteiger partial charge in [-0.05, 0) is 94.7 Å². The van der Waals surface area contributed by atoms with Gasteiger partial charge in [0.2, 0.25) is 5.91 Å². The number of nitrogens with one attached hydrogen (secondary N) is 2. The summed E-state index contributed by atoms with van der Waals surface area (Å²) in [5, 5.41) is 13.4. The summed E-state index contributed by atoms with van der Waals surface area (Å²) in [7, 11) is 0. The molecular weight excluding hydrogens is 634 g/mol. The van der Waals surface area contributed by atoms with Gasteiger partial charge in [0.25, 0.3) is 0 Å². The average molecular weight is 679 g/mol. The van der Waals surface area contributed by atoms with Gasteiger partial charge in [-0.25, -0.2) is 23.4 Å². The molecule has 2 saturated heterocycles. The summed E-state index contributed by atoms with van der Waals surface area (Å²) in [6.45, 7) is 10.3. The van der Waals surface area contributed by atoms with Gasteiger partial charge in [-0.1, -0.05) is 13.8 Å². The van der Waals surface area contributed by atoms with Gasteiger partial charge in [0.1, 0.15) is 23.3 Å². The van der Waals surface area contributed by atoms with Crippen LogP contribution in [0.3, 0.4) is 0 Å². The summed E-state index contributed by atoms with van der Waals surface area (Å²) in [5.41, 5.74) is 2.29. The van der Waals surface area contributed by atoms with E-state index in [0.29, 0.717) is 67.0 Å². The van der Waals surface area contributed by atoms with Gasteiger partial charge < -0.3 is 34.5 Å². The standard InChI is InChI=1S/C36H44F2N6O5/c1-20(2)30(41-34(46)49-36(3,4)5)33(45)42-14-7-9-24(42)19-44-29-13-11-22(38)17-28(29)40-32(44)31-26(18-23-8-6-15-43(23)35(47)48)25-12-10-21(37)16-27(25)39-31/h10-13,16-17,20,23-24,30,39H,6-9,14-15,18-19H2,1-5H3,(H,41,46)(H,47,48)/t23-,24-,30?/m0/s1. The Hall–Kier alpha value is -4.68. The maximum atomic E-state index is 14.5. The molecule has 2 aliphatic heterocycles. The Morgan fingerprint density at radius 3 is 2.39 bits per heavy atom. The third-order valence-electron chi connectivity index (χ3n) is 9.52. The molecule has 6 rings (SSSR count). The molecule has 0 aliphatic carbocycles. The van der Waals surface area contributed by atoms with Crippen molar-refractivity contribution in [1.29, 1.82) is 0 Å². The molecule has 0 radical (unpaired) electrons. The van der Waals surface area contributed by atoms with Crippen LogP contribution in [0.4, 0.5) is 18.4 Å². The van der Waals surface area contributed by atoms with Gasteiger partial charge in [0.05, 0.1) is 16.7 Å². The maximum Gasteiger partial charge on any atom is 0.408 e. The van der Waals surface area contributed by atoms with Crippen molar-refractivity contribution < 1.29 is 33.0 Å². The lowest BCUT2D eigenvalue weighted by molar-refractivity contribution is -0.135. The largest absolute Gasteiger partial charge is 0.465 e. The van der Waals surface area contributed by atoms with Crippen LogP contribution in [0.25, 0.3) is 33.5 Å². The van der Waals surface area contributed by atoms with E-state index in [4.69, 9.17) is 9.72 Å². The smallest absolute Gasteiger partial charge is 0.408 e.